The second-order valence-electron chi connectivity index (χ2n) is 5.15. The van der Waals surface area contributed by atoms with Gasteiger partial charge in [-0.1, -0.05) is 51.9 Å². The number of aliphatic hydroxyl groups excluding tert-OH is 1. The fraction of sp³-hybridized carbons (Fsp3) is 0.800. The monoisotopic (exact) mass is 268 g/mol. The highest BCUT2D eigenvalue weighted by Crippen LogP contribution is 2.27. The summed E-state index contributed by atoms with van der Waals surface area (Å²) >= 11 is 0. The van der Waals surface area contributed by atoms with Gasteiger partial charge in [0.2, 0.25) is 0 Å². The maximum absolute atomic E-state index is 10.2. The van der Waals surface area contributed by atoms with Gasteiger partial charge in [0.25, 0.3) is 0 Å². The molecule has 0 saturated heterocycles. The minimum atomic E-state index is -0.474. The van der Waals surface area contributed by atoms with E-state index in [1.807, 2.05) is 7.05 Å². The number of rotatable bonds is 10. The van der Waals surface area contributed by atoms with Crippen LogP contribution in [-0.4, -0.2) is 22.0 Å². The van der Waals surface area contributed by atoms with Gasteiger partial charge in [-0.25, -0.2) is 0 Å². The molecule has 0 aliphatic heterocycles. The molecule has 4 heteroatoms. The smallest absolute Gasteiger partial charge is 0.162 e. The van der Waals surface area contributed by atoms with Gasteiger partial charge in [-0.3, -0.25) is 4.68 Å². The third-order valence-electron chi connectivity index (χ3n) is 3.57. The molecule has 1 unspecified atom stereocenters. The minimum absolute atomic E-state index is 0.474. The number of unbranched alkanes of at least 4 members (excludes halogenated alkanes) is 6. The molecule has 1 atom stereocenters. The number of hydrogen-bond donors (Lipinski definition) is 1. The van der Waals surface area contributed by atoms with Gasteiger partial charge >= 0.3 is 0 Å². The normalized spacial score (nSPS) is 12.6. The highest BCUT2D eigenvalue weighted by molar-refractivity contribution is 5.26. The van der Waals surface area contributed by atoms with Crippen LogP contribution < -0.4 is 4.74 Å². The Labute approximate surface area is 116 Å². The summed E-state index contributed by atoms with van der Waals surface area (Å²) in [7, 11) is 3.45. The molecule has 19 heavy (non-hydrogen) atoms. The molecule has 0 spiro atoms. The first kappa shape index (κ1) is 16.0. The molecule has 0 fully saturated rings. The molecule has 1 N–H and O–H groups in total. The molecular weight excluding hydrogens is 240 g/mol. The zero-order chi connectivity index (χ0) is 14.1. The number of aromatic nitrogens is 2. The van der Waals surface area contributed by atoms with E-state index in [1.54, 1.807) is 18.0 Å². The maximum atomic E-state index is 10.2. The van der Waals surface area contributed by atoms with Gasteiger partial charge in [0, 0.05) is 7.05 Å². The molecule has 1 aromatic heterocycles. The zero-order valence-electron chi connectivity index (χ0n) is 12.6. The lowest BCUT2D eigenvalue weighted by Crippen LogP contribution is -2.06. The Bertz CT molecular complexity index is 350. The largest absolute Gasteiger partial charge is 0.493 e. The van der Waals surface area contributed by atoms with E-state index in [9.17, 15) is 5.11 Å². The summed E-state index contributed by atoms with van der Waals surface area (Å²) in [4.78, 5) is 0. The predicted octanol–water partition coefficient (Wildman–Crippen LogP) is 3.60. The first-order valence-electron chi connectivity index (χ1n) is 7.44. The first-order valence-corrected chi connectivity index (χ1v) is 7.44. The highest BCUT2D eigenvalue weighted by Gasteiger charge is 2.17. The van der Waals surface area contributed by atoms with Crippen molar-refractivity contribution in [1.82, 2.24) is 9.78 Å². The Morgan fingerprint density at radius 3 is 2.47 bits per heavy atom. The van der Waals surface area contributed by atoms with E-state index in [1.165, 1.54) is 38.5 Å². The molecule has 1 aromatic rings. The third-order valence-corrected chi connectivity index (χ3v) is 3.57. The van der Waals surface area contributed by atoms with Gasteiger partial charge in [0.15, 0.2) is 5.75 Å². The van der Waals surface area contributed by atoms with Crippen molar-refractivity contribution < 1.29 is 9.84 Å². The zero-order valence-corrected chi connectivity index (χ0v) is 12.6. The molecule has 0 aromatic carbocycles. The molecule has 4 nitrogen and oxygen atoms in total. The van der Waals surface area contributed by atoms with Crippen molar-refractivity contribution in [2.45, 2.75) is 64.4 Å². The fourth-order valence-corrected chi connectivity index (χ4v) is 2.40. The summed E-state index contributed by atoms with van der Waals surface area (Å²) in [5.41, 5.74) is 0.786. The van der Waals surface area contributed by atoms with Crippen LogP contribution in [0.25, 0.3) is 0 Å². The summed E-state index contributed by atoms with van der Waals surface area (Å²) in [5, 5.41) is 14.3. The van der Waals surface area contributed by atoms with Crippen molar-refractivity contribution in [3.05, 3.63) is 11.9 Å². The summed E-state index contributed by atoms with van der Waals surface area (Å²) in [5.74, 6) is 0.679. The van der Waals surface area contributed by atoms with Crippen LogP contribution in [0.1, 0.15) is 70.1 Å². The van der Waals surface area contributed by atoms with Crippen LogP contribution in [0.4, 0.5) is 0 Å². The molecule has 110 valence electrons. The van der Waals surface area contributed by atoms with Gasteiger partial charge in [-0.15, -0.1) is 0 Å². The molecule has 0 radical (unpaired) electrons. The lowest BCUT2D eigenvalue weighted by Gasteiger charge is -2.12. The molecule has 1 heterocycles. The highest BCUT2D eigenvalue weighted by atomic mass is 16.5. The van der Waals surface area contributed by atoms with Crippen molar-refractivity contribution in [2.75, 3.05) is 7.11 Å². The first-order chi connectivity index (χ1) is 9.20. The van der Waals surface area contributed by atoms with Crippen LogP contribution in [0.15, 0.2) is 6.20 Å². The van der Waals surface area contributed by atoms with E-state index in [4.69, 9.17) is 4.74 Å². The molecular formula is C15H28N2O2. The maximum Gasteiger partial charge on any atom is 0.162 e. The van der Waals surface area contributed by atoms with E-state index in [-0.39, 0.29) is 0 Å². The fourth-order valence-electron chi connectivity index (χ4n) is 2.40. The van der Waals surface area contributed by atoms with Crippen LogP contribution >= 0.6 is 0 Å². The summed E-state index contributed by atoms with van der Waals surface area (Å²) < 4.78 is 6.91. The van der Waals surface area contributed by atoms with Gasteiger partial charge in [-0.05, 0) is 6.42 Å². The second-order valence-corrected chi connectivity index (χ2v) is 5.15. The van der Waals surface area contributed by atoms with E-state index < -0.39 is 6.10 Å². The van der Waals surface area contributed by atoms with Crippen LogP contribution in [0, 0.1) is 0 Å². The predicted molar refractivity (Wildman–Crippen MR) is 77.3 cm³/mol. The molecule has 1 rings (SSSR count). The molecule has 0 bridgehead atoms. The van der Waals surface area contributed by atoms with Crippen LogP contribution in [0.5, 0.6) is 5.75 Å². The lowest BCUT2D eigenvalue weighted by molar-refractivity contribution is 0.150. The van der Waals surface area contributed by atoms with Crippen molar-refractivity contribution >= 4 is 0 Å². The van der Waals surface area contributed by atoms with E-state index in [2.05, 4.69) is 12.0 Å². The van der Waals surface area contributed by atoms with E-state index >= 15 is 0 Å². The number of aryl methyl sites for hydroxylation is 1. The number of nitrogens with zero attached hydrogens (tertiary/aromatic N) is 2. The Kier molecular flexibility index (Phi) is 7.56. The Morgan fingerprint density at radius 2 is 1.84 bits per heavy atom. The number of methoxy groups -OCH3 is 1. The van der Waals surface area contributed by atoms with Crippen LogP contribution in [0.3, 0.4) is 0 Å². The standard InChI is InChI=1S/C15H28N2O2/c1-4-5-6-7-8-9-10-11-13(18)15-14(19-3)12-16-17(15)2/h12-13,18H,4-11H2,1-3H3. The average Bonchev–Trinajstić information content (AvgIpc) is 2.78. The van der Waals surface area contributed by atoms with Crippen molar-refractivity contribution in [3.8, 4) is 5.75 Å². The van der Waals surface area contributed by atoms with E-state index in [0.29, 0.717) is 5.75 Å². The van der Waals surface area contributed by atoms with Crippen molar-refractivity contribution in [3.63, 3.8) is 0 Å². The van der Waals surface area contributed by atoms with Crippen molar-refractivity contribution in [2.24, 2.45) is 7.05 Å². The molecule has 0 aliphatic rings. The Morgan fingerprint density at radius 1 is 1.21 bits per heavy atom. The van der Waals surface area contributed by atoms with E-state index in [0.717, 1.165) is 18.5 Å². The number of ether oxygens (including phenoxy) is 1. The van der Waals surface area contributed by atoms with Gasteiger partial charge in [0.05, 0.1) is 19.4 Å². The van der Waals surface area contributed by atoms with Gasteiger partial charge < -0.3 is 9.84 Å². The van der Waals surface area contributed by atoms with Crippen molar-refractivity contribution in [1.29, 1.82) is 0 Å². The average molecular weight is 268 g/mol. The molecule has 0 saturated carbocycles. The van der Waals surface area contributed by atoms with Gasteiger partial charge in [0.1, 0.15) is 5.69 Å². The van der Waals surface area contributed by atoms with Crippen LogP contribution in [-0.2, 0) is 7.05 Å². The summed E-state index contributed by atoms with van der Waals surface area (Å²) in [6.07, 6.45) is 10.8. The third kappa shape index (κ3) is 5.23. The molecule has 0 amide bonds. The SMILES string of the molecule is CCCCCCCCCC(O)c1c(OC)cnn1C. The van der Waals surface area contributed by atoms with Gasteiger partial charge in [-0.2, -0.15) is 5.10 Å². The number of aliphatic hydroxyl groups is 1. The summed E-state index contributed by atoms with van der Waals surface area (Å²) in [6.45, 7) is 2.23. The quantitative estimate of drug-likeness (QED) is 0.659. The Hall–Kier alpha value is -1.03. The lowest BCUT2D eigenvalue weighted by atomic mass is 10.0. The topological polar surface area (TPSA) is 47.3 Å². The summed E-state index contributed by atoms with van der Waals surface area (Å²) in [6, 6.07) is 0. The molecule has 0 aliphatic carbocycles. The Balaban J connectivity index is 2.23. The second kappa shape index (κ2) is 8.97. The number of hydrogen-bond acceptors (Lipinski definition) is 3. The minimum Gasteiger partial charge on any atom is -0.493 e. The van der Waals surface area contributed by atoms with Crippen LogP contribution in [0.2, 0.25) is 0 Å².